The van der Waals surface area contributed by atoms with Crippen LogP contribution in [0.2, 0.25) is 0 Å². The first-order valence-corrected chi connectivity index (χ1v) is 15.3. The predicted octanol–water partition coefficient (Wildman–Crippen LogP) is 8.00. The van der Waals surface area contributed by atoms with E-state index >= 15 is 0 Å². The van der Waals surface area contributed by atoms with Crippen molar-refractivity contribution in [3.8, 4) is 5.75 Å². The molecule has 0 unspecified atom stereocenters. The van der Waals surface area contributed by atoms with Crippen LogP contribution in [0.25, 0.3) is 0 Å². The number of esters is 2. The minimum absolute atomic E-state index is 0.0619. The second kappa shape index (κ2) is 17.3. The second-order valence-corrected chi connectivity index (χ2v) is 11.4. The summed E-state index contributed by atoms with van der Waals surface area (Å²) in [6, 6.07) is 8.03. The van der Waals surface area contributed by atoms with Crippen molar-refractivity contribution in [3.63, 3.8) is 0 Å². The molecule has 212 valence electrons. The van der Waals surface area contributed by atoms with E-state index in [0.29, 0.717) is 26.1 Å². The van der Waals surface area contributed by atoms with E-state index in [1.54, 1.807) is 0 Å². The highest BCUT2D eigenvalue weighted by Crippen LogP contribution is 2.41. The molecule has 0 heterocycles. The maximum Gasteiger partial charge on any atom is 0.330 e. The Morgan fingerprint density at radius 2 is 1.50 bits per heavy atom. The number of rotatable bonds is 16. The zero-order chi connectivity index (χ0) is 27.0. The van der Waals surface area contributed by atoms with E-state index in [1.807, 2.05) is 24.3 Å². The first-order chi connectivity index (χ1) is 18.6. The lowest BCUT2D eigenvalue weighted by atomic mass is 9.70. The van der Waals surface area contributed by atoms with Gasteiger partial charge in [0.1, 0.15) is 11.9 Å². The molecule has 38 heavy (non-hydrogen) atoms. The van der Waals surface area contributed by atoms with Gasteiger partial charge < -0.3 is 14.2 Å². The van der Waals surface area contributed by atoms with Crippen LogP contribution in [0.1, 0.15) is 109 Å². The van der Waals surface area contributed by atoms with Gasteiger partial charge >= 0.3 is 11.9 Å². The molecule has 0 atom stereocenters. The summed E-state index contributed by atoms with van der Waals surface area (Å²) in [6.45, 7) is 6.80. The Hall–Kier alpha value is -2.30. The van der Waals surface area contributed by atoms with Gasteiger partial charge in [0, 0.05) is 12.5 Å². The van der Waals surface area contributed by atoms with E-state index < -0.39 is 0 Å². The molecular weight excluding hydrogens is 476 g/mol. The van der Waals surface area contributed by atoms with Crippen molar-refractivity contribution in [2.75, 3.05) is 13.2 Å². The molecule has 5 heteroatoms. The lowest BCUT2D eigenvalue weighted by Gasteiger charge is -2.37. The van der Waals surface area contributed by atoms with Gasteiger partial charge in [-0.05, 0) is 106 Å². The summed E-state index contributed by atoms with van der Waals surface area (Å²) in [5.74, 6) is 3.16. The Balaban J connectivity index is 1.22. The fraction of sp³-hybridized carbons (Fsp3) is 0.697. The zero-order valence-electron chi connectivity index (χ0n) is 23.7. The molecular formula is C33H50O5. The third-order valence-electron chi connectivity index (χ3n) is 8.53. The van der Waals surface area contributed by atoms with Gasteiger partial charge in [0.25, 0.3) is 0 Å². The summed E-state index contributed by atoms with van der Waals surface area (Å²) in [7, 11) is 0. The first-order valence-electron chi connectivity index (χ1n) is 15.3. The van der Waals surface area contributed by atoms with Gasteiger partial charge in [0.15, 0.2) is 0 Å². The zero-order valence-corrected chi connectivity index (χ0v) is 23.7. The Bertz CT molecular complexity index is 816. The molecule has 0 bridgehead atoms. The second-order valence-electron chi connectivity index (χ2n) is 11.4. The molecule has 1 aromatic carbocycles. The van der Waals surface area contributed by atoms with Crippen LogP contribution in [0.4, 0.5) is 0 Å². The molecule has 0 radical (unpaired) electrons. The van der Waals surface area contributed by atoms with Gasteiger partial charge in [-0.25, -0.2) is 4.79 Å². The van der Waals surface area contributed by atoms with Crippen LogP contribution in [0, 0.1) is 17.8 Å². The molecule has 1 aromatic rings. The van der Waals surface area contributed by atoms with Crippen molar-refractivity contribution in [2.45, 2.75) is 116 Å². The summed E-state index contributed by atoms with van der Waals surface area (Å²) >= 11 is 0. The molecule has 3 rings (SSSR count). The average molecular weight is 527 g/mol. The number of ether oxygens (including phenoxy) is 3. The quantitative estimate of drug-likeness (QED) is 0.124. The van der Waals surface area contributed by atoms with E-state index in [2.05, 4.69) is 13.5 Å². The molecule has 2 fully saturated rings. The molecule has 2 aliphatic carbocycles. The minimum atomic E-state index is -0.360. The van der Waals surface area contributed by atoms with Gasteiger partial charge in [-0.15, -0.1) is 0 Å². The van der Waals surface area contributed by atoms with Crippen LogP contribution in [0.15, 0.2) is 36.9 Å². The van der Waals surface area contributed by atoms with E-state index in [0.717, 1.165) is 67.6 Å². The van der Waals surface area contributed by atoms with Gasteiger partial charge in [-0.1, -0.05) is 51.3 Å². The highest BCUT2D eigenvalue weighted by molar-refractivity contribution is 5.81. The van der Waals surface area contributed by atoms with Crippen molar-refractivity contribution in [2.24, 2.45) is 17.8 Å². The van der Waals surface area contributed by atoms with Crippen molar-refractivity contribution in [3.05, 3.63) is 42.5 Å². The smallest absolute Gasteiger partial charge is 0.330 e. The number of unbranched alkanes of at least 4 members (excludes halogenated alkanes) is 3. The summed E-state index contributed by atoms with van der Waals surface area (Å²) in [6.07, 6.45) is 19.3. The van der Waals surface area contributed by atoms with Crippen LogP contribution in [-0.4, -0.2) is 31.3 Å². The largest absolute Gasteiger partial charge is 0.494 e. The Labute approximate surface area is 230 Å². The lowest BCUT2D eigenvalue weighted by Crippen LogP contribution is -2.29. The molecule has 0 amide bonds. The molecule has 5 nitrogen and oxygen atoms in total. The van der Waals surface area contributed by atoms with E-state index in [1.165, 1.54) is 57.4 Å². The number of carbonyl (C=O) groups is 2. The SMILES string of the molecule is C=CC(=O)OCCCCCCOc1ccc(CCC(=O)OC2CCC(C3CCC(CCC)CC3)CC2)cc1. The maximum atomic E-state index is 12.5. The van der Waals surface area contributed by atoms with Gasteiger partial charge in [-0.2, -0.15) is 0 Å². The van der Waals surface area contributed by atoms with Crippen LogP contribution in [0.3, 0.4) is 0 Å². The topological polar surface area (TPSA) is 61.8 Å². The van der Waals surface area contributed by atoms with Gasteiger partial charge in [-0.3, -0.25) is 4.79 Å². The molecule has 0 aromatic heterocycles. The minimum Gasteiger partial charge on any atom is -0.494 e. The number of benzene rings is 1. The molecule has 2 saturated carbocycles. The number of carbonyl (C=O) groups excluding carboxylic acids is 2. The molecule has 2 aliphatic rings. The highest BCUT2D eigenvalue weighted by Gasteiger charge is 2.31. The van der Waals surface area contributed by atoms with Crippen molar-refractivity contribution in [1.82, 2.24) is 0 Å². The molecule has 0 spiro atoms. The maximum absolute atomic E-state index is 12.5. The lowest BCUT2D eigenvalue weighted by molar-refractivity contribution is -0.151. The van der Waals surface area contributed by atoms with Gasteiger partial charge in [0.2, 0.25) is 0 Å². The highest BCUT2D eigenvalue weighted by atomic mass is 16.5. The summed E-state index contributed by atoms with van der Waals surface area (Å²) in [5, 5.41) is 0. The monoisotopic (exact) mass is 526 g/mol. The van der Waals surface area contributed by atoms with E-state index in [-0.39, 0.29) is 18.0 Å². The van der Waals surface area contributed by atoms with Crippen LogP contribution in [-0.2, 0) is 25.5 Å². The molecule has 0 saturated heterocycles. The summed E-state index contributed by atoms with van der Waals surface area (Å²) in [4.78, 5) is 23.5. The van der Waals surface area contributed by atoms with E-state index in [9.17, 15) is 9.59 Å². The van der Waals surface area contributed by atoms with Crippen LogP contribution >= 0.6 is 0 Å². The number of hydrogen-bond acceptors (Lipinski definition) is 5. The predicted molar refractivity (Wildman–Crippen MR) is 152 cm³/mol. The van der Waals surface area contributed by atoms with Crippen molar-refractivity contribution in [1.29, 1.82) is 0 Å². The normalized spacial score (nSPS) is 23.4. The molecule has 0 N–H and O–H groups in total. The third kappa shape index (κ3) is 11.2. The van der Waals surface area contributed by atoms with Crippen LogP contribution < -0.4 is 4.74 Å². The Kier molecular flexibility index (Phi) is 13.8. The number of hydrogen-bond donors (Lipinski definition) is 0. The summed E-state index contributed by atoms with van der Waals surface area (Å²) in [5.41, 5.74) is 1.13. The Morgan fingerprint density at radius 1 is 0.868 bits per heavy atom. The summed E-state index contributed by atoms with van der Waals surface area (Å²) < 4.78 is 16.6. The fourth-order valence-electron chi connectivity index (χ4n) is 6.26. The fourth-order valence-corrected chi connectivity index (χ4v) is 6.26. The van der Waals surface area contributed by atoms with Crippen LogP contribution in [0.5, 0.6) is 5.75 Å². The van der Waals surface area contributed by atoms with Crippen molar-refractivity contribution >= 4 is 11.9 Å². The average Bonchev–Trinajstić information content (AvgIpc) is 2.95. The molecule has 0 aliphatic heterocycles. The first kappa shape index (κ1) is 30.2. The number of aryl methyl sites for hydroxylation is 1. The Morgan fingerprint density at radius 3 is 2.13 bits per heavy atom. The van der Waals surface area contributed by atoms with Crippen molar-refractivity contribution < 1.29 is 23.8 Å². The third-order valence-corrected chi connectivity index (χ3v) is 8.53. The standard InChI is InChI=1S/C33H50O5/c1-3-9-26-10-15-28(16-11-26)29-17-21-31(22-18-29)38-33(35)23-14-27-12-19-30(20-13-27)36-24-7-5-6-8-25-37-32(34)4-2/h4,12-13,19-20,26,28-29,31H,2-3,5-11,14-18,21-25H2,1H3. The van der Waals surface area contributed by atoms with Gasteiger partial charge in [0.05, 0.1) is 13.2 Å². The van der Waals surface area contributed by atoms with E-state index in [4.69, 9.17) is 14.2 Å².